The number of carbonyl (C=O) groups excluding carboxylic acids is 1. The Bertz CT molecular complexity index is 797. The third-order valence-electron chi connectivity index (χ3n) is 2.94. The van der Waals surface area contributed by atoms with E-state index >= 15 is 0 Å². The van der Waals surface area contributed by atoms with Gasteiger partial charge in [-0.2, -0.15) is 0 Å². The molecule has 1 heterocycles. The van der Waals surface area contributed by atoms with Crippen molar-refractivity contribution in [3.05, 3.63) is 54.1 Å². The van der Waals surface area contributed by atoms with E-state index in [1.165, 1.54) is 18.2 Å². The molecule has 20 heavy (non-hydrogen) atoms. The Balaban J connectivity index is 1.86. The van der Waals surface area contributed by atoms with Gasteiger partial charge < -0.3 is 16.0 Å². The van der Waals surface area contributed by atoms with E-state index < -0.39 is 5.82 Å². The van der Waals surface area contributed by atoms with Gasteiger partial charge in [0.2, 0.25) is 0 Å². The number of rotatable bonds is 2. The summed E-state index contributed by atoms with van der Waals surface area (Å²) in [6, 6.07) is 9.17. The van der Waals surface area contributed by atoms with Gasteiger partial charge in [-0.3, -0.25) is 4.79 Å². The standard InChI is InChI=1S/C14H11FN4O/c15-10-3-2-9(6-11(10)16)19-14(20)8-1-4-12-13(5-8)18-7-17-12/h1-7H,16H2,(H,17,18)(H,19,20). The highest BCUT2D eigenvalue weighted by molar-refractivity contribution is 6.06. The summed E-state index contributed by atoms with van der Waals surface area (Å²) in [7, 11) is 0. The van der Waals surface area contributed by atoms with Gasteiger partial charge >= 0.3 is 0 Å². The number of halogens is 1. The molecule has 3 aromatic rings. The Morgan fingerprint density at radius 2 is 2.10 bits per heavy atom. The van der Waals surface area contributed by atoms with Crippen molar-refractivity contribution in [2.75, 3.05) is 11.1 Å². The van der Waals surface area contributed by atoms with Crippen LogP contribution in [-0.2, 0) is 0 Å². The minimum absolute atomic E-state index is 0.00757. The maximum Gasteiger partial charge on any atom is 0.255 e. The lowest BCUT2D eigenvalue weighted by Gasteiger charge is -2.06. The van der Waals surface area contributed by atoms with Crippen LogP contribution in [0.3, 0.4) is 0 Å². The van der Waals surface area contributed by atoms with Crippen LogP contribution in [0.25, 0.3) is 11.0 Å². The first kappa shape index (κ1) is 12.2. The molecule has 1 amide bonds. The first-order chi connectivity index (χ1) is 9.63. The van der Waals surface area contributed by atoms with Crippen molar-refractivity contribution in [3.63, 3.8) is 0 Å². The fourth-order valence-electron chi connectivity index (χ4n) is 1.90. The Kier molecular flexibility index (Phi) is 2.83. The second-order valence-electron chi connectivity index (χ2n) is 4.32. The lowest BCUT2D eigenvalue weighted by molar-refractivity contribution is 0.102. The molecule has 2 aromatic carbocycles. The number of benzene rings is 2. The molecule has 0 aliphatic heterocycles. The molecule has 0 bridgehead atoms. The predicted molar refractivity (Wildman–Crippen MR) is 74.9 cm³/mol. The molecule has 0 radical (unpaired) electrons. The maximum atomic E-state index is 13.0. The first-order valence-electron chi connectivity index (χ1n) is 5.93. The summed E-state index contributed by atoms with van der Waals surface area (Å²) >= 11 is 0. The number of aromatic amines is 1. The summed E-state index contributed by atoms with van der Waals surface area (Å²) in [6.07, 6.45) is 1.56. The van der Waals surface area contributed by atoms with Gasteiger partial charge in [-0.25, -0.2) is 9.37 Å². The third kappa shape index (κ3) is 2.18. The molecular formula is C14H11FN4O. The van der Waals surface area contributed by atoms with Crippen LogP contribution in [-0.4, -0.2) is 15.9 Å². The van der Waals surface area contributed by atoms with E-state index in [0.717, 1.165) is 11.0 Å². The molecule has 100 valence electrons. The van der Waals surface area contributed by atoms with Crippen LogP contribution in [0.15, 0.2) is 42.7 Å². The van der Waals surface area contributed by atoms with Crippen LogP contribution in [0.5, 0.6) is 0 Å². The zero-order chi connectivity index (χ0) is 14.1. The highest BCUT2D eigenvalue weighted by atomic mass is 19.1. The highest BCUT2D eigenvalue weighted by Crippen LogP contribution is 2.18. The van der Waals surface area contributed by atoms with E-state index in [1.54, 1.807) is 24.5 Å². The highest BCUT2D eigenvalue weighted by Gasteiger charge is 2.09. The number of nitrogen functional groups attached to an aromatic ring is 1. The molecule has 5 nitrogen and oxygen atoms in total. The van der Waals surface area contributed by atoms with Crippen LogP contribution >= 0.6 is 0 Å². The minimum atomic E-state index is -0.512. The molecule has 0 atom stereocenters. The number of nitrogens with one attached hydrogen (secondary N) is 2. The van der Waals surface area contributed by atoms with E-state index in [-0.39, 0.29) is 11.6 Å². The fourth-order valence-corrected chi connectivity index (χ4v) is 1.90. The Morgan fingerprint density at radius 3 is 2.90 bits per heavy atom. The van der Waals surface area contributed by atoms with Crippen LogP contribution in [0.1, 0.15) is 10.4 Å². The van der Waals surface area contributed by atoms with E-state index in [0.29, 0.717) is 11.3 Å². The van der Waals surface area contributed by atoms with Gasteiger partial charge in [0.15, 0.2) is 0 Å². The summed E-state index contributed by atoms with van der Waals surface area (Å²) in [5.74, 6) is -0.811. The van der Waals surface area contributed by atoms with Gasteiger partial charge in [0.1, 0.15) is 5.82 Å². The Morgan fingerprint density at radius 1 is 1.25 bits per heavy atom. The number of anilines is 2. The molecule has 0 spiro atoms. The molecule has 3 rings (SSSR count). The Labute approximate surface area is 113 Å². The molecule has 4 N–H and O–H groups in total. The number of H-pyrrole nitrogens is 1. The van der Waals surface area contributed by atoms with Gasteiger partial charge in [-0.15, -0.1) is 0 Å². The third-order valence-corrected chi connectivity index (χ3v) is 2.94. The Hall–Kier alpha value is -2.89. The summed E-state index contributed by atoms with van der Waals surface area (Å²) in [5, 5.41) is 2.66. The SMILES string of the molecule is Nc1cc(NC(=O)c2ccc3nc[nH]c3c2)ccc1F. The zero-order valence-corrected chi connectivity index (χ0v) is 10.4. The number of nitrogens with zero attached hydrogens (tertiary/aromatic N) is 1. The zero-order valence-electron chi connectivity index (χ0n) is 10.4. The van der Waals surface area contributed by atoms with Crippen LogP contribution in [0.2, 0.25) is 0 Å². The van der Waals surface area contributed by atoms with E-state index in [1.807, 2.05) is 0 Å². The lowest BCUT2D eigenvalue weighted by atomic mass is 10.2. The monoisotopic (exact) mass is 270 g/mol. The number of imidazole rings is 1. The fraction of sp³-hybridized carbons (Fsp3) is 0. The molecular weight excluding hydrogens is 259 g/mol. The van der Waals surface area contributed by atoms with Crippen LogP contribution in [0, 0.1) is 5.82 Å². The molecule has 0 aliphatic carbocycles. The molecule has 0 saturated carbocycles. The number of hydrogen-bond donors (Lipinski definition) is 3. The number of aromatic nitrogens is 2. The summed E-state index contributed by atoms with van der Waals surface area (Å²) in [4.78, 5) is 19.1. The smallest absolute Gasteiger partial charge is 0.255 e. The van der Waals surface area contributed by atoms with Gasteiger partial charge in [0.25, 0.3) is 5.91 Å². The van der Waals surface area contributed by atoms with Crippen molar-refractivity contribution in [2.45, 2.75) is 0 Å². The van der Waals surface area contributed by atoms with Gasteiger partial charge in [-0.1, -0.05) is 0 Å². The molecule has 0 unspecified atom stereocenters. The van der Waals surface area contributed by atoms with Gasteiger partial charge in [-0.05, 0) is 36.4 Å². The first-order valence-corrected chi connectivity index (χ1v) is 5.93. The molecule has 0 fully saturated rings. The molecule has 0 aliphatic rings. The summed E-state index contributed by atoms with van der Waals surface area (Å²) < 4.78 is 13.0. The van der Waals surface area contributed by atoms with Crippen molar-refractivity contribution in [2.24, 2.45) is 0 Å². The van der Waals surface area contributed by atoms with Crippen molar-refractivity contribution in [3.8, 4) is 0 Å². The van der Waals surface area contributed by atoms with E-state index in [2.05, 4.69) is 15.3 Å². The molecule has 6 heteroatoms. The summed E-state index contributed by atoms with van der Waals surface area (Å²) in [5.41, 5.74) is 7.93. The van der Waals surface area contributed by atoms with Crippen molar-refractivity contribution in [1.82, 2.24) is 9.97 Å². The average Bonchev–Trinajstić information content (AvgIpc) is 2.90. The number of nitrogens with two attached hydrogens (primary N) is 1. The largest absolute Gasteiger partial charge is 0.396 e. The molecule has 1 aromatic heterocycles. The van der Waals surface area contributed by atoms with Gasteiger partial charge in [0, 0.05) is 11.3 Å². The predicted octanol–water partition coefficient (Wildman–Crippen LogP) is 2.54. The number of fused-ring (bicyclic) bond motifs is 1. The van der Waals surface area contributed by atoms with Crippen molar-refractivity contribution >= 4 is 28.3 Å². The number of amides is 1. The number of carbonyl (C=O) groups is 1. The second kappa shape index (κ2) is 4.65. The van der Waals surface area contributed by atoms with Crippen LogP contribution in [0.4, 0.5) is 15.8 Å². The number of hydrogen-bond acceptors (Lipinski definition) is 3. The van der Waals surface area contributed by atoms with Gasteiger partial charge in [0.05, 0.1) is 23.0 Å². The normalized spacial score (nSPS) is 10.7. The van der Waals surface area contributed by atoms with Crippen LogP contribution < -0.4 is 11.1 Å². The summed E-state index contributed by atoms with van der Waals surface area (Å²) in [6.45, 7) is 0. The van der Waals surface area contributed by atoms with Crippen molar-refractivity contribution < 1.29 is 9.18 Å². The topological polar surface area (TPSA) is 83.8 Å². The van der Waals surface area contributed by atoms with E-state index in [9.17, 15) is 9.18 Å². The van der Waals surface area contributed by atoms with Crippen molar-refractivity contribution in [1.29, 1.82) is 0 Å². The quantitative estimate of drug-likeness (QED) is 0.626. The lowest BCUT2D eigenvalue weighted by Crippen LogP contribution is -2.12. The minimum Gasteiger partial charge on any atom is -0.396 e. The molecule has 0 saturated heterocycles. The average molecular weight is 270 g/mol. The maximum absolute atomic E-state index is 13.0. The van der Waals surface area contributed by atoms with E-state index in [4.69, 9.17) is 5.73 Å². The second-order valence-corrected chi connectivity index (χ2v) is 4.32.